The van der Waals surface area contributed by atoms with Crippen LogP contribution < -0.4 is 5.56 Å². The third-order valence-electron chi connectivity index (χ3n) is 5.75. The molecule has 0 radical (unpaired) electrons. The maximum atomic E-state index is 12.8. The lowest BCUT2D eigenvalue weighted by atomic mass is 10.1. The fraction of sp³-hybridized carbons (Fsp3) is 0.429. The number of rotatable bonds is 6. The summed E-state index contributed by atoms with van der Waals surface area (Å²) in [5.41, 5.74) is 2.04. The van der Waals surface area contributed by atoms with Gasteiger partial charge in [0.2, 0.25) is 0 Å². The van der Waals surface area contributed by atoms with E-state index in [1.807, 2.05) is 30.3 Å². The van der Waals surface area contributed by atoms with E-state index in [2.05, 4.69) is 22.2 Å². The Bertz CT molecular complexity index is 985. The van der Waals surface area contributed by atoms with Crippen molar-refractivity contribution < 1.29 is 0 Å². The van der Waals surface area contributed by atoms with Gasteiger partial charge in [-0.2, -0.15) is 0 Å². The van der Waals surface area contributed by atoms with Crippen molar-refractivity contribution in [3.05, 3.63) is 51.9 Å². The predicted molar refractivity (Wildman–Crippen MR) is 106 cm³/mol. The topological polar surface area (TPSA) is 49.0 Å². The zero-order chi connectivity index (χ0) is 17.7. The van der Waals surface area contributed by atoms with Crippen LogP contribution in [-0.2, 0) is 6.54 Å². The van der Waals surface area contributed by atoms with E-state index >= 15 is 0 Å². The smallest absolute Gasteiger partial charge is 0.260 e. The van der Waals surface area contributed by atoms with Crippen LogP contribution in [0.3, 0.4) is 0 Å². The second kappa shape index (κ2) is 6.32. The molecule has 2 saturated carbocycles. The first-order chi connectivity index (χ1) is 12.7. The normalized spacial score (nSPS) is 18.5. The lowest BCUT2D eigenvalue weighted by molar-refractivity contribution is 0.166. The van der Waals surface area contributed by atoms with Gasteiger partial charge in [-0.15, -0.1) is 11.3 Å². The van der Waals surface area contributed by atoms with Crippen molar-refractivity contribution >= 4 is 21.6 Å². The molecule has 2 aromatic heterocycles. The summed E-state index contributed by atoms with van der Waals surface area (Å²) in [6, 6.07) is 11.3. The maximum absolute atomic E-state index is 12.8. The van der Waals surface area contributed by atoms with E-state index in [9.17, 15) is 4.79 Å². The van der Waals surface area contributed by atoms with Crippen LogP contribution in [0.4, 0.5) is 0 Å². The minimum Gasteiger partial charge on any atom is -0.309 e. The van der Waals surface area contributed by atoms with E-state index in [4.69, 9.17) is 4.98 Å². The fourth-order valence-corrected chi connectivity index (χ4v) is 4.90. The number of nitrogens with one attached hydrogen (secondary N) is 1. The van der Waals surface area contributed by atoms with Crippen molar-refractivity contribution in [3.8, 4) is 11.1 Å². The Labute approximate surface area is 156 Å². The van der Waals surface area contributed by atoms with Crippen molar-refractivity contribution in [2.45, 2.75) is 51.2 Å². The molecule has 2 heterocycles. The average molecular weight is 366 g/mol. The summed E-state index contributed by atoms with van der Waals surface area (Å²) in [6.45, 7) is 3.09. The molecule has 5 heteroatoms. The minimum atomic E-state index is -0.0140. The summed E-state index contributed by atoms with van der Waals surface area (Å²) in [6.07, 6.45) is 5.25. The number of benzene rings is 1. The van der Waals surface area contributed by atoms with Gasteiger partial charge in [0, 0.05) is 23.0 Å². The Balaban J connectivity index is 1.49. The molecule has 1 aromatic carbocycles. The van der Waals surface area contributed by atoms with Gasteiger partial charge in [-0.3, -0.25) is 9.69 Å². The summed E-state index contributed by atoms with van der Waals surface area (Å²) in [7, 11) is 0. The molecule has 1 unspecified atom stereocenters. The van der Waals surface area contributed by atoms with E-state index in [0.717, 1.165) is 39.6 Å². The molecule has 1 atom stereocenters. The lowest BCUT2D eigenvalue weighted by Crippen LogP contribution is -2.37. The first-order valence-corrected chi connectivity index (χ1v) is 10.4. The predicted octanol–water partition coefficient (Wildman–Crippen LogP) is 4.41. The van der Waals surface area contributed by atoms with Crippen molar-refractivity contribution in [1.82, 2.24) is 14.9 Å². The van der Waals surface area contributed by atoms with E-state index in [0.29, 0.717) is 12.1 Å². The molecule has 0 bridgehead atoms. The largest absolute Gasteiger partial charge is 0.309 e. The van der Waals surface area contributed by atoms with Gasteiger partial charge in [0.05, 0.1) is 11.9 Å². The SMILES string of the molecule is CC(C1CC1)N(Cc1nc2scc(-c3ccccc3)c2c(=O)[nH]1)C1CC1. The third-order valence-corrected chi connectivity index (χ3v) is 6.63. The standard InChI is InChI=1S/C21H23N3OS/c1-13(14-7-8-14)24(16-9-10-16)11-18-22-20(25)19-17(12-26-21(19)23-18)15-5-3-2-4-6-15/h2-6,12-14,16H,7-11H2,1H3,(H,22,23,25). The summed E-state index contributed by atoms with van der Waals surface area (Å²) in [5.74, 6) is 1.64. The Morgan fingerprint density at radius 1 is 1.23 bits per heavy atom. The van der Waals surface area contributed by atoms with Gasteiger partial charge in [-0.1, -0.05) is 30.3 Å². The highest BCUT2D eigenvalue weighted by Gasteiger charge is 2.39. The maximum Gasteiger partial charge on any atom is 0.260 e. The number of hydrogen-bond acceptors (Lipinski definition) is 4. The molecule has 0 aliphatic heterocycles. The second-order valence-electron chi connectivity index (χ2n) is 7.69. The molecular weight excluding hydrogens is 342 g/mol. The van der Waals surface area contributed by atoms with Crippen LogP contribution in [-0.4, -0.2) is 27.0 Å². The van der Waals surface area contributed by atoms with Crippen molar-refractivity contribution in [1.29, 1.82) is 0 Å². The van der Waals surface area contributed by atoms with E-state index < -0.39 is 0 Å². The highest BCUT2D eigenvalue weighted by molar-refractivity contribution is 7.17. The molecule has 0 saturated heterocycles. The highest BCUT2D eigenvalue weighted by atomic mass is 32.1. The number of nitrogens with zero attached hydrogens (tertiary/aromatic N) is 2. The van der Waals surface area contributed by atoms with Gasteiger partial charge in [0.1, 0.15) is 10.7 Å². The average Bonchev–Trinajstić information content (AvgIpc) is 3.57. The highest BCUT2D eigenvalue weighted by Crippen LogP contribution is 2.40. The monoisotopic (exact) mass is 365 g/mol. The van der Waals surface area contributed by atoms with Crippen LogP contribution in [0.25, 0.3) is 21.3 Å². The van der Waals surface area contributed by atoms with E-state index in [1.54, 1.807) is 11.3 Å². The first kappa shape index (κ1) is 16.2. The second-order valence-corrected chi connectivity index (χ2v) is 8.55. The number of aromatic nitrogens is 2. The summed E-state index contributed by atoms with van der Waals surface area (Å²) in [5, 5.41) is 2.77. The lowest BCUT2D eigenvalue weighted by Gasteiger charge is -2.28. The Morgan fingerprint density at radius 3 is 2.69 bits per heavy atom. The number of hydrogen-bond donors (Lipinski definition) is 1. The summed E-state index contributed by atoms with van der Waals surface area (Å²) in [4.78, 5) is 24.1. The molecule has 4 nitrogen and oxygen atoms in total. The van der Waals surface area contributed by atoms with Crippen molar-refractivity contribution in [3.63, 3.8) is 0 Å². The molecule has 0 amide bonds. The van der Waals surface area contributed by atoms with Gasteiger partial charge in [-0.05, 0) is 44.1 Å². The van der Waals surface area contributed by atoms with E-state index in [-0.39, 0.29) is 5.56 Å². The minimum absolute atomic E-state index is 0.0140. The Hall–Kier alpha value is -1.98. The zero-order valence-electron chi connectivity index (χ0n) is 14.9. The zero-order valence-corrected chi connectivity index (χ0v) is 15.8. The molecule has 134 valence electrons. The van der Waals surface area contributed by atoms with Gasteiger partial charge < -0.3 is 4.98 Å². The molecule has 3 aromatic rings. The van der Waals surface area contributed by atoms with Crippen LogP contribution in [0.5, 0.6) is 0 Å². The van der Waals surface area contributed by atoms with Crippen molar-refractivity contribution in [2.75, 3.05) is 0 Å². The number of thiophene rings is 1. The Morgan fingerprint density at radius 2 is 2.00 bits per heavy atom. The molecule has 0 spiro atoms. The quantitative estimate of drug-likeness (QED) is 0.704. The molecular formula is C21H23N3OS. The Kier molecular flexibility index (Phi) is 3.94. The van der Waals surface area contributed by atoms with Crippen LogP contribution in [0.15, 0.2) is 40.5 Å². The van der Waals surface area contributed by atoms with Crippen LogP contribution in [0, 0.1) is 5.92 Å². The molecule has 2 aliphatic rings. The van der Waals surface area contributed by atoms with Gasteiger partial charge >= 0.3 is 0 Å². The van der Waals surface area contributed by atoms with Gasteiger partial charge in [-0.25, -0.2) is 4.98 Å². The molecule has 26 heavy (non-hydrogen) atoms. The number of fused-ring (bicyclic) bond motifs is 1. The van der Waals surface area contributed by atoms with Gasteiger partial charge in [0.15, 0.2) is 0 Å². The van der Waals surface area contributed by atoms with E-state index in [1.165, 1.54) is 25.7 Å². The summed E-state index contributed by atoms with van der Waals surface area (Å²) < 4.78 is 0. The molecule has 2 aliphatic carbocycles. The first-order valence-electron chi connectivity index (χ1n) is 9.52. The molecule has 5 rings (SSSR count). The van der Waals surface area contributed by atoms with Crippen molar-refractivity contribution in [2.24, 2.45) is 5.92 Å². The number of aromatic amines is 1. The third kappa shape index (κ3) is 2.99. The molecule has 2 fully saturated rings. The van der Waals surface area contributed by atoms with Crippen LogP contribution in [0.1, 0.15) is 38.4 Å². The van der Waals surface area contributed by atoms with Crippen LogP contribution in [0.2, 0.25) is 0 Å². The number of H-pyrrole nitrogens is 1. The van der Waals surface area contributed by atoms with Crippen LogP contribution >= 0.6 is 11.3 Å². The van der Waals surface area contributed by atoms with Gasteiger partial charge in [0.25, 0.3) is 5.56 Å². The fourth-order valence-electron chi connectivity index (χ4n) is 3.93. The molecule has 1 N–H and O–H groups in total. The summed E-state index contributed by atoms with van der Waals surface area (Å²) >= 11 is 1.57.